The summed E-state index contributed by atoms with van der Waals surface area (Å²) in [4.78, 5) is 12.6. The predicted molar refractivity (Wildman–Crippen MR) is 112 cm³/mol. The van der Waals surface area contributed by atoms with Gasteiger partial charge in [-0.15, -0.1) is 0 Å². The van der Waals surface area contributed by atoms with Crippen molar-refractivity contribution in [2.45, 2.75) is 40.5 Å². The van der Waals surface area contributed by atoms with Crippen molar-refractivity contribution in [3.8, 4) is 0 Å². The van der Waals surface area contributed by atoms with E-state index in [1.54, 1.807) is 6.26 Å². The summed E-state index contributed by atoms with van der Waals surface area (Å²) < 4.78 is 11.1. The van der Waals surface area contributed by atoms with Crippen molar-refractivity contribution in [1.29, 1.82) is 0 Å². The summed E-state index contributed by atoms with van der Waals surface area (Å²) in [6.45, 7) is 8.59. The van der Waals surface area contributed by atoms with Crippen LogP contribution in [0.4, 0.5) is 0 Å². The van der Waals surface area contributed by atoms with Gasteiger partial charge in [0.25, 0.3) is 5.91 Å². The summed E-state index contributed by atoms with van der Waals surface area (Å²) in [5, 5.41) is 2.77. The molecule has 4 heteroatoms. The SMILES string of the molecule is C/C(=C\C(C)(C)C)c1ccc(C(=O)NC2=COC=C(C3=CC=CCC3)O2)cc1. The molecule has 3 rings (SSSR count). The van der Waals surface area contributed by atoms with Crippen molar-refractivity contribution in [3.05, 3.63) is 89.4 Å². The summed E-state index contributed by atoms with van der Waals surface area (Å²) in [7, 11) is 0. The van der Waals surface area contributed by atoms with Crippen LogP contribution >= 0.6 is 0 Å². The smallest absolute Gasteiger partial charge is 0.258 e. The van der Waals surface area contributed by atoms with Crippen LogP contribution in [-0.4, -0.2) is 5.91 Å². The Morgan fingerprint density at radius 3 is 2.46 bits per heavy atom. The third kappa shape index (κ3) is 5.26. The summed E-state index contributed by atoms with van der Waals surface area (Å²) in [6.07, 6.45) is 13.1. The lowest BCUT2D eigenvalue weighted by Crippen LogP contribution is -2.25. The number of nitrogens with one attached hydrogen (secondary N) is 1. The maximum absolute atomic E-state index is 12.6. The number of carbonyl (C=O) groups excluding carboxylic acids is 1. The van der Waals surface area contributed by atoms with Gasteiger partial charge in [0.15, 0.2) is 12.0 Å². The quantitative estimate of drug-likeness (QED) is 0.718. The van der Waals surface area contributed by atoms with Gasteiger partial charge < -0.3 is 9.47 Å². The third-order valence-corrected chi connectivity index (χ3v) is 4.39. The van der Waals surface area contributed by atoms with Crippen LogP contribution in [0.3, 0.4) is 0 Å². The minimum Gasteiger partial charge on any atom is -0.463 e. The topological polar surface area (TPSA) is 47.6 Å². The molecule has 0 atom stereocenters. The molecule has 0 fully saturated rings. The Bertz CT molecular complexity index is 891. The molecule has 146 valence electrons. The normalized spacial score (nSPS) is 17.0. The third-order valence-electron chi connectivity index (χ3n) is 4.39. The number of ether oxygens (including phenoxy) is 2. The van der Waals surface area contributed by atoms with E-state index < -0.39 is 0 Å². The first-order chi connectivity index (χ1) is 13.3. The van der Waals surface area contributed by atoms with E-state index in [4.69, 9.17) is 9.47 Å². The van der Waals surface area contributed by atoms with Gasteiger partial charge in [0, 0.05) is 5.56 Å². The first-order valence-electron chi connectivity index (χ1n) is 9.53. The average Bonchev–Trinajstić information content (AvgIpc) is 2.68. The van der Waals surface area contributed by atoms with Crippen LogP contribution in [0, 0.1) is 5.41 Å². The van der Waals surface area contributed by atoms with Crippen LogP contribution in [0.2, 0.25) is 0 Å². The van der Waals surface area contributed by atoms with Crippen LogP contribution in [0.1, 0.15) is 56.5 Å². The Balaban J connectivity index is 1.63. The van der Waals surface area contributed by atoms with Crippen LogP contribution in [0.15, 0.2) is 78.3 Å². The molecule has 2 aliphatic rings. The molecule has 0 radical (unpaired) electrons. The minimum absolute atomic E-state index is 0.111. The molecule has 1 aromatic carbocycles. The molecular formula is C24H27NO3. The van der Waals surface area contributed by atoms with Gasteiger partial charge >= 0.3 is 0 Å². The molecule has 1 aliphatic heterocycles. The molecule has 1 aromatic rings. The molecule has 0 unspecified atom stereocenters. The number of hydrogen-bond donors (Lipinski definition) is 1. The summed E-state index contributed by atoms with van der Waals surface area (Å²) >= 11 is 0. The number of benzene rings is 1. The van der Waals surface area contributed by atoms with Gasteiger partial charge in [-0.3, -0.25) is 10.1 Å². The largest absolute Gasteiger partial charge is 0.463 e. The van der Waals surface area contributed by atoms with Crippen LogP contribution in [-0.2, 0) is 9.47 Å². The van der Waals surface area contributed by atoms with Crippen molar-refractivity contribution in [3.63, 3.8) is 0 Å². The van der Waals surface area contributed by atoms with E-state index in [1.807, 2.05) is 36.4 Å². The first kappa shape index (κ1) is 19.7. The summed E-state index contributed by atoms with van der Waals surface area (Å²) in [6, 6.07) is 7.56. The van der Waals surface area contributed by atoms with Crippen LogP contribution in [0.5, 0.6) is 0 Å². The summed E-state index contributed by atoms with van der Waals surface area (Å²) in [5.74, 6) is 0.670. The van der Waals surface area contributed by atoms with Gasteiger partial charge in [-0.2, -0.15) is 0 Å². The lowest BCUT2D eigenvalue weighted by atomic mass is 9.91. The molecule has 1 N–H and O–H groups in total. The minimum atomic E-state index is -0.238. The highest BCUT2D eigenvalue weighted by atomic mass is 16.6. The van der Waals surface area contributed by atoms with E-state index in [9.17, 15) is 4.79 Å². The van der Waals surface area contributed by atoms with Crippen molar-refractivity contribution in [2.75, 3.05) is 0 Å². The molecule has 1 amide bonds. The molecule has 0 bridgehead atoms. The Morgan fingerprint density at radius 1 is 1.11 bits per heavy atom. The highest BCUT2D eigenvalue weighted by Gasteiger charge is 2.17. The predicted octanol–water partition coefficient (Wildman–Crippen LogP) is 5.83. The van der Waals surface area contributed by atoms with Gasteiger partial charge in [0.2, 0.25) is 5.88 Å². The Labute approximate surface area is 166 Å². The maximum atomic E-state index is 12.6. The lowest BCUT2D eigenvalue weighted by Gasteiger charge is -2.19. The Kier molecular flexibility index (Phi) is 5.88. The molecule has 0 saturated carbocycles. The second-order valence-electron chi connectivity index (χ2n) is 8.09. The molecule has 28 heavy (non-hydrogen) atoms. The number of allylic oxidation sites excluding steroid dienone is 6. The highest BCUT2D eigenvalue weighted by molar-refractivity contribution is 5.95. The first-order valence-corrected chi connectivity index (χ1v) is 9.53. The van der Waals surface area contributed by atoms with Crippen molar-refractivity contribution < 1.29 is 14.3 Å². The average molecular weight is 377 g/mol. The molecule has 0 spiro atoms. The second-order valence-corrected chi connectivity index (χ2v) is 8.09. The number of hydrogen-bond acceptors (Lipinski definition) is 3. The van der Waals surface area contributed by atoms with Crippen LogP contribution in [0.25, 0.3) is 5.57 Å². The number of carbonyl (C=O) groups is 1. The Hall–Kier alpha value is -3.01. The van der Waals surface area contributed by atoms with E-state index in [0.717, 1.165) is 24.0 Å². The maximum Gasteiger partial charge on any atom is 0.258 e. The fourth-order valence-corrected chi connectivity index (χ4v) is 3.13. The van der Waals surface area contributed by atoms with E-state index in [0.29, 0.717) is 11.3 Å². The van der Waals surface area contributed by atoms with Crippen LogP contribution < -0.4 is 5.32 Å². The van der Waals surface area contributed by atoms with Gasteiger partial charge in [-0.1, -0.05) is 57.2 Å². The standard InChI is InChI=1S/C24H27NO3/c1-17(14-24(2,3)4)18-10-12-20(13-11-18)23(26)25-22-16-27-15-21(28-22)19-8-6-5-7-9-19/h5-6,8,10-16H,7,9H2,1-4H3,(H,25,26)/b17-14+. The lowest BCUT2D eigenvalue weighted by molar-refractivity contribution is 0.0925. The fourth-order valence-electron chi connectivity index (χ4n) is 3.13. The van der Waals surface area contributed by atoms with Gasteiger partial charge in [0.05, 0.1) is 0 Å². The Morgan fingerprint density at radius 2 is 1.82 bits per heavy atom. The second kappa shape index (κ2) is 8.34. The van der Waals surface area contributed by atoms with Crippen molar-refractivity contribution in [2.24, 2.45) is 5.41 Å². The van der Waals surface area contributed by atoms with Gasteiger partial charge in [-0.05, 0) is 54.0 Å². The van der Waals surface area contributed by atoms with Gasteiger partial charge in [-0.25, -0.2) is 0 Å². The van der Waals surface area contributed by atoms with E-state index >= 15 is 0 Å². The monoisotopic (exact) mass is 377 g/mol. The number of amides is 1. The molecule has 4 nitrogen and oxygen atoms in total. The van der Waals surface area contributed by atoms with Crippen molar-refractivity contribution >= 4 is 11.5 Å². The molecule has 1 aliphatic carbocycles. The molecule has 1 heterocycles. The van der Waals surface area contributed by atoms with E-state index in [-0.39, 0.29) is 17.2 Å². The highest BCUT2D eigenvalue weighted by Crippen LogP contribution is 2.26. The van der Waals surface area contributed by atoms with Crippen molar-refractivity contribution in [1.82, 2.24) is 5.32 Å². The molecular weight excluding hydrogens is 350 g/mol. The number of rotatable bonds is 4. The van der Waals surface area contributed by atoms with E-state index in [2.05, 4.69) is 45.2 Å². The zero-order chi connectivity index (χ0) is 20.1. The zero-order valence-electron chi connectivity index (χ0n) is 16.9. The molecule has 0 saturated heterocycles. The van der Waals surface area contributed by atoms with Gasteiger partial charge in [0.1, 0.15) is 6.26 Å². The summed E-state index contributed by atoms with van der Waals surface area (Å²) in [5.41, 5.74) is 4.02. The fraction of sp³-hybridized carbons (Fsp3) is 0.292. The molecule has 0 aromatic heterocycles. The van der Waals surface area contributed by atoms with E-state index in [1.165, 1.54) is 11.8 Å². The zero-order valence-corrected chi connectivity index (χ0v) is 16.9.